The maximum Gasteiger partial charge on any atom is 0.166 e. The summed E-state index contributed by atoms with van der Waals surface area (Å²) in [6.07, 6.45) is 2.81. The molecular weight excluding hydrogens is 172 g/mol. The lowest BCUT2D eigenvalue weighted by Crippen LogP contribution is -2.42. The number of nitrogens with one attached hydrogen (secondary N) is 2. The Bertz CT molecular complexity index is 166. The quantitative estimate of drug-likeness (QED) is 0.494. The molecule has 68 valence electrons. The van der Waals surface area contributed by atoms with Gasteiger partial charge in [-0.1, -0.05) is 6.08 Å². The standard InChI is InChI=1S/C8H14N2OS/c1-2-4-9-8(12)10-7-3-5-11-6-7/h2,7H,1,3-6H2,(H2,9,10,12). The van der Waals surface area contributed by atoms with Crippen LogP contribution in [0.3, 0.4) is 0 Å². The van der Waals surface area contributed by atoms with Gasteiger partial charge in [0.25, 0.3) is 0 Å². The molecule has 4 heteroatoms. The van der Waals surface area contributed by atoms with Crippen LogP contribution in [0.1, 0.15) is 6.42 Å². The molecule has 12 heavy (non-hydrogen) atoms. The van der Waals surface area contributed by atoms with Gasteiger partial charge in [-0.05, 0) is 18.6 Å². The van der Waals surface area contributed by atoms with Crippen molar-refractivity contribution in [2.24, 2.45) is 0 Å². The van der Waals surface area contributed by atoms with E-state index in [0.717, 1.165) is 19.6 Å². The average Bonchev–Trinajstić information content (AvgIpc) is 2.53. The summed E-state index contributed by atoms with van der Waals surface area (Å²) in [6, 6.07) is 0.384. The fourth-order valence-corrected chi connectivity index (χ4v) is 1.30. The minimum atomic E-state index is 0.384. The zero-order valence-corrected chi connectivity index (χ0v) is 7.82. The third-order valence-corrected chi connectivity index (χ3v) is 1.93. The fraction of sp³-hybridized carbons (Fsp3) is 0.625. The summed E-state index contributed by atoms with van der Waals surface area (Å²) in [5, 5.41) is 6.85. The van der Waals surface area contributed by atoms with Crippen LogP contribution < -0.4 is 10.6 Å². The van der Waals surface area contributed by atoms with Crippen LogP contribution in [0.4, 0.5) is 0 Å². The van der Waals surface area contributed by atoms with E-state index >= 15 is 0 Å². The van der Waals surface area contributed by atoms with E-state index in [1.807, 2.05) is 0 Å². The number of hydrogen-bond donors (Lipinski definition) is 2. The molecule has 2 N–H and O–H groups in total. The maximum absolute atomic E-state index is 5.19. The van der Waals surface area contributed by atoms with Gasteiger partial charge in [0.1, 0.15) is 0 Å². The third-order valence-electron chi connectivity index (χ3n) is 1.67. The SMILES string of the molecule is C=CCNC(=S)NC1CCOC1. The fourth-order valence-electron chi connectivity index (χ4n) is 1.05. The molecule has 0 aromatic carbocycles. The number of thiocarbonyl (C=S) groups is 1. The molecule has 0 radical (unpaired) electrons. The summed E-state index contributed by atoms with van der Waals surface area (Å²) >= 11 is 5.03. The van der Waals surface area contributed by atoms with Gasteiger partial charge in [0, 0.05) is 13.2 Å². The Balaban J connectivity index is 2.11. The molecule has 1 aliphatic rings. The molecule has 0 bridgehead atoms. The minimum absolute atomic E-state index is 0.384. The van der Waals surface area contributed by atoms with Crippen LogP contribution in [0.25, 0.3) is 0 Å². The second kappa shape index (κ2) is 5.11. The Morgan fingerprint density at radius 1 is 1.75 bits per heavy atom. The predicted molar refractivity (Wildman–Crippen MR) is 53.2 cm³/mol. The lowest BCUT2D eigenvalue weighted by molar-refractivity contribution is 0.192. The van der Waals surface area contributed by atoms with Gasteiger partial charge in [0.05, 0.1) is 12.6 Å². The van der Waals surface area contributed by atoms with Gasteiger partial charge in [-0.15, -0.1) is 6.58 Å². The van der Waals surface area contributed by atoms with Crippen molar-refractivity contribution in [1.29, 1.82) is 0 Å². The second-order valence-electron chi connectivity index (χ2n) is 2.70. The predicted octanol–water partition coefficient (Wildman–Crippen LogP) is 0.425. The Labute approximate surface area is 78.2 Å². The summed E-state index contributed by atoms with van der Waals surface area (Å²) < 4.78 is 5.19. The smallest absolute Gasteiger partial charge is 0.166 e. The van der Waals surface area contributed by atoms with Crippen molar-refractivity contribution in [2.45, 2.75) is 12.5 Å². The van der Waals surface area contributed by atoms with Crippen LogP contribution in [-0.2, 0) is 4.74 Å². The zero-order chi connectivity index (χ0) is 8.81. The molecule has 0 aliphatic carbocycles. The molecule has 1 unspecified atom stereocenters. The Morgan fingerprint density at radius 2 is 2.58 bits per heavy atom. The van der Waals surface area contributed by atoms with Gasteiger partial charge < -0.3 is 15.4 Å². The molecule has 0 amide bonds. The van der Waals surface area contributed by atoms with Crippen molar-refractivity contribution in [1.82, 2.24) is 10.6 Å². The highest BCUT2D eigenvalue weighted by molar-refractivity contribution is 7.80. The van der Waals surface area contributed by atoms with Crippen LogP contribution >= 0.6 is 12.2 Å². The first-order valence-corrected chi connectivity index (χ1v) is 4.46. The molecule has 1 saturated heterocycles. The van der Waals surface area contributed by atoms with E-state index in [2.05, 4.69) is 17.2 Å². The monoisotopic (exact) mass is 186 g/mol. The number of ether oxygens (including phenoxy) is 1. The lowest BCUT2D eigenvalue weighted by Gasteiger charge is -2.13. The molecule has 0 saturated carbocycles. The Hall–Kier alpha value is -0.610. The molecule has 1 fully saturated rings. The van der Waals surface area contributed by atoms with Crippen molar-refractivity contribution in [2.75, 3.05) is 19.8 Å². The minimum Gasteiger partial charge on any atom is -0.379 e. The van der Waals surface area contributed by atoms with Gasteiger partial charge in [-0.2, -0.15) is 0 Å². The molecule has 1 aliphatic heterocycles. The van der Waals surface area contributed by atoms with Crippen molar-refractivity contribution in [3.05, 3.63) is 12.7 Å². The first kappa shape index (κ1) is 9.48. The number of rotatable bonds is 3. The first-order valence-electron chi connectivity index (χ1n) is 4.06. The summed E-state index contributed by atoms with van der Waals surface area (Å²) in [5.41, 5.74) is 0. The highest BCUT2D eigenvalue weighted by Gasteiger charge is 2.15. The maximum atomic E-state index is 5.19. The van der Waals surface area contributed by atoms with Gasteiger partial charge in [0.2, 0.25) is 0 Å². The van der Waals surface area contributed by atoms with E-state index in [-0.39, 0.29) is 0 Å². The molecule has 0 spiro atoms. The molecule has 3 nitrogen and oxygen atoms in total. The van der Waals surface area contributed by atoms with Crippen molar-refractivity contribution in [3.63, 3.8) is 0 Å². The van der Waals surface area contributed by atoms with Crippen molar-refractivity contribution >= 4 is 17.3 Å². The van der Waals surface area contributed by atoms with E-state index in [4.69, 9.17) is 17.0 Å². The normalized spacial score (nSPS) is 21.8. The highest BCUT2D eigenvalue weighted by Crippen LogP contribution is 2.02. The van der Waals surface area contributed by atoms with Gasteiger partial charge in [-0.3, -0.25) is 0 Å². The van der Waals surface area contributed by atoms with Gasteiger partial charge >= 0.3 is 0 Å². The van der Waals surface area contributed by atoms with Crippen LogP contribution in [0, 0.1) is 0 Å². The van der Waals surface area contributed by atoms with Crippen molar-refractivity contribution < 1.29 is 4.74 Å². The first-order chi connectivity index (χ1) is 5.83. The summed E-state index contributed by atoms with van der Waals surface area (Å²) in [6.45, 7) is 5.89. The Morgan fingerprint density at radius 3 is 3.17 bits per heavy atom. The molecule has 0 aromatic rings. The van der Waals surface area contributed by atoms with E-state index in [1.165, 1.54) is 0 Å². The summed E-state index contributed by atoms with van der Waals surface area (Å²) in [7, 11) is 0. The summed E-state index contributed by atoms with van der Waals surface area (Å²) in [5.74, 6) is 0. The molecule has 1 heterocycles. The van der Waals surface area contributed by atoms with Crippen LogP contribution in [0.2, 0.25) is 0 Å². The lowest BCUT2D eigenvalue weighted by atomic mass is 10.3. The second-order valence-corrected chi connectivity index (χ2v) is 3.11. The summed E-state index contributed by atoms with van der Waals surface area (Å²) in [4.78, 5) is 0. The van der Waals surface area contributed by atoms with E-state index in [0.29, 0.717) is 17.7 Å². The Kier molecular flexibility index (Phi) is 4.04. The third kappa shape index (κ3) is 3.19. The number of hydrogen-bond acceptors (Lipinski definition) is 2. The van der Waals surface area contributed by atoms with Crippen LogP contribution in [-0.4, -0.2) is 30.9 Å². The molecule has 1 atom stereocenters. The van der Waals surface area contributed by atoms with E-state index in [9.17, 15) is 0 Å². The highest BCUT2D eigenvalue weighted by atomic mass is 32.1. The van der Waals surface area contributed by atoms with Crippen LogP contribution in [0.15, 0.2) is 12.7 Å². The largest absolute Gasteiger partial charge is 0.379 e. The van der Waals surface area contributed by atoms with E-state index < -0.39 is 0 Å². The molecule has 0 aromatic heterocycles. The van der Waals surface area contributed by atoms with Crippen molar-refractivity contribution in [3.8, 4) is 0 Å². The van der Waals surface area contributed by atoms with Crippen LogP contribution in [0.5, 0.6) is 0 Å². The average molecular weight is 186 g/mol. The molecular formula is C8H14N2OS. The van der Waals surface area contributed by atoms with Gasteiger partial charge in [0.15, 0.2) is 5.11 Å². The van der Waals surface area contributed by atoms with E-state index in [1.54, 1.807) is 6.08 Å². The molecule has 1 rings (SSSR count). The topological polar surface area (TPSA) is 33.3 Å². The zero-order valence-electron chi connectivity index (χ0n) is 7.01. The van der Waals surface area contributed by atoms with Gasteiger partial charge in [-0.25, -0.2) is 0 Å².